The number of hydrogen-bond acceptors (Lipinski definition) is 1. The Bertz CT molecular complexity index is 483. The number of aliphatic hydroxyl groups is 1. The first-order chi connectivity index (χ1) is 8.17. The normalized spacial score (nSPS) is 28.6. The van der Waals surface area contributed by atoms with Gasteiger partial charge in [-0.2, -0.15) is 0 Å². The van der Waals surface area contributed by atoms with Crippen molar-refractivity contribution in [2.45, 2.75) is 11.8 Å². The monoisotopic (exact) mass is 228 g/mol. The summed E-state index contributed by atoms with van der Waals surface area (Å²) in [6.45, 7) is 0. The van der Waals surface area contributed by atoms with Crippen molar-refractivity contribution in [1.29, 1.82) is 0 Å². The standard InChI is InChI=1S/C15H13FO/c1-2-15(16)11-7-6-10-13(15)14(17)12-8-4-3-5-9-12/h1,3-11,13-14,17H. The van der Waals surface area contributed by atoms with Crippen LogP contribution in [0.3, 0.4) is 0 Å². The maximum Gasteiger partial charge on any atom is 0.198 e. The van der Waals surface area contributed by atoms with E-state index in [-0.39, 0.29) is 0 Å². The summed E-state index contributed by atoms with van der Waals surface area (Å²) in [6, 6.07) is 8.96. The summed E-state index contributed by atoms with van der Waals surface area (Å²) < 4.78 is 14.4. The van der Waals surface area contributed by atoms with Crippen molar-refractivity contribution in [3.05, 3.63) is 60.2 Å². The molecule has 0 heterocycles. The van der Waals surface area contributed by atoms with Gasteiger partial charge in [-0.1, -0.05) is 54.5 Å². The first-order valence-corrected chi connectivity index (χ1v) is 5.43. The Kier molecular flexibility index (Phi) is 3.12. The number of rotatable bonds is 2. The molecule has 1 aromatic carbocycles. The Hall–Kier alpha value is -1.85. The van der Waals surface area contributed by atoms with Gasteiger partial charge in [-0.15, -0.1) is 6.42 Å². The molecule has 3 unspecified atom stereocenters. The molecule has 0 spiro atoms. The van der Waals surface area contributed by atoms with E-state index in [1.54, 1.807) is 42.5 Å². The second-order valence-electron chi connectivity index (χ2n) is 4.04. The lowest BCUT2D eigenvalue weighted by molar-refractivity contribution is 0.0695. The van der Waals surface area contributed by atoms with E-state index in [1.807, 2.05) is 6.07 Å². The molecule has 0 amide bonds. The molecule has 0 radical (unpaired) electrons. The summed E-state index contributed by atoms with van der Waals surface area (Å²) in [5.41, 5.74) is -1.26. The SMILES string of the molecule is C#CC1(F)C=CC=CC1C(O)c1ccccc1. The molecule has 0 aliphatic heterocycles. The summed E-state index contributed by atoms with van der Waals surface area (Å²) in [5, 5.41) is 10.2. The van der Waals surface area contributed by atoms with Crippen molar-refractivity contribution < 1.29 is 9.50 Å². The van der Waals surface area contributed by atoms with Crippen LogP contribution in [0.4, 0.5) is 4.39 Å². The summed E-state index contributed by atoms with van der Waals surface area (Å²) in [6.07, 6.45) is 10.5. The highest BCUT2D eigenvalue weighted by Gasteiger charge is 2.39. The number of terminal acetylenes is 1. The second-order valence-corrected chi connectivity index (χ2v) is 4.04. The first-order valence-electron chi connectivity index (χ1n) is 5.43. The third-order valence-electron chi connectivity index (χ3n) is 2.96. The van der Waals surface area contributed by atoms with Crippen molar-refractivity contribution >= 4 is 0 Å². The van der Waals surface area contributed by atoms with E-state index in [1.165, 1.54) is 6.08 Å². The fourth-order valence-electron chi connectivity index (χ4n) is 1.97. The third kappa shape index (κ3) is 2.15. The average Bonchev–Trinajstić information content (AvgIpc) is 2.39. The van der Waals surface area contributed by atoms with Crippen LogP contribution in [-0.2, 0) is 0 Å². The molecule has 1 N–H and O–H groups in total. The van der Waals surface area contributed by atoms with Gasteiger partial charge >= 0.3 is 0 Å². The number of benzene rings is 1. The fraction of sp³-hybridized carbons (Fsp3) is 0.200. The van der Waals surface area contributed by atoms with Crippen LogP contribution in [0.1, 0.15) is 11.7 Å². The molecule has 0 fully saturated rings. The maximum atomic E-state index is 14.4. The van der Waals surface area contributed by atoms with Gasteiger partial charge < -0.3 is 5.11 Å². The minimum absolute atomic E-state index is 0.662. The molecule has 86 valence electrons. The topological polar surface area (TPSA) is 20.2 Å². The Balaban J connectivity index is 2.32. The molecule has 1 aliphatic carbocycles. The van der Waals surface area contributed by atoms with E-state index in [0.717, 1.165) is 0 Å². The van der Waals surface area contributed by atoms with E-state index in [9.17, 15) is 9.50 Å². The Morgan fingerprint density at radius 3 is 2.65 bits per heavy atom. The van der Waals surface area contributed by atoms with E-state index in [0.29, 0.717) is 5.56 Å². The molecule has 0 saturated carbocycles. The summed E-state index contributed by atoms with van der Waals surface area (Å²) in [5.74, 6) is 1.37. The zero-order valence-corrected chi connectivity index (χ0v) is 9.25. The van der Waals surface area contributed by atoms with Crippen LogP contribution >= 0.6 is 0 Å². The van der Waals surface area contributed by atoms with Crippen LogP contribution in [-0.4, -0.2) is 10.8 Å². The lowest BCUT2D eigenvalue weighted by atomic mass is 9.80. The predicted octanol–water partition coefficient (Wildman–Crippen LogP) is 2.80. The van der Waals surface area contributed by atoms with Gasteiger partial charge in [0.15, 0.2) is 5.67 Å². The molecule has 0 aromatic heterocycles. The minimum atomic E-state index is -1.93. The Labute approximate surface area is 100 Å². The van der Waals surface area contributed by atoms with Crippen LogP contribution in [0, 0.1) is 18.3 Å². The molecular formula is C15H13FO. The van der Waals surface area contributed by atoms with Gasteiger partial charge in [0, 0.05) is 0 Å². The van der Waals surface area contributed by atoms with Crippen LogP contribution < -0.4 is 0 Å². The number of alkyl halides is 1. The summed E-state index contributed by atoms with van der Waals surface area (Å²) in [4.78, 5) is 0. The van der Waals surface area contributed by atoms with Gasteiger partial charge in [0.1, 0.15) is 0 Å². The lowest BCUT2D eigenvalue weighted by Crippen LogP contribution is -2.34. The van der Waals surface area contributed by atoms with Gasteiger partial charge in [0.2, 0.25) is 0 Å². The highest BCUT2D eigenvalue weighted by Crippen LogP contribution is 2.37. The Morgan fingerprint density at radius 1 is 1.29 bits per heavy atom. The van der Waals surface area contributed by atoms with Crippen LogP contribution in [0.25, 0.3) is 0 Å². The molecule has 1 nitrogen and oxygen atoms in total. The maximum absolute atomic E-state index is 14.4. The van der Waals surface area contributed by atoms with Crippen molar-refractivity contribution in [3.8, 4) is 12.3 Å². The van der Waals surface area contributed by atoms with Gasteiger partial charge in [-0.25, -0.2) is 4.39 Å². The van der Waals surface area contributed by atoms with Crippen LogP contribution in [0.5, 0.6) is 0 Å². The largest absolute Gasteiger partial charge is 0.388 e. The minimum Gasteiger partial charge on any atom is -0.388 e. The molecule has 17 heavy (non-hydrogen) atoms. The number of allylic oxidation sites excluding steroid dienone is 3. The van der Waals surface area contributed by atoms with Crippen LogP contribution in [0.15, 0.2) is 54.6 Å². The number of hydrogen-bond donors (Lipinski definition) is 1. The predicted molar refractivity (Wildman–Crippen MR) is 65.8 cm³/mol. The van der Waals surface area contributed by atoms with Crippen molar-refractivity contribution in [2.75, 3.05) is 0 Å². The number of aliphatic hydroxyl groups excluding tert-OH is 1. The summed E-state index contributed by atoms with van der Waals surface area (Å²) in [7, 11) is 0. The van der Waals surface area contributed by atoms with E-state index < -0.39 is 17.7 Å². The molecule has 1 aliphatic rings. The van der Waals surface area contributed by atoms with Crippen LogP contribution in [0.2, 0.25) is 0 Å². The zero-order valence-electron chi connectivity index (χ0n) is 9.25. The number of halogens is 1. The smallest absolute Gasteiger partial charge is 0.198 e. The molecule has 2 rings (SSSR count). The third-order valence-corrected chi connectivity index (χ3v) is 2.96. The molecular weight excluding hydrogens is 215 g/mol. The van der Waals surface area contributed by atoms with E-state index in [4.69, 9.17) is 6.42 Å². The average molecular weight is 228 g/mol. The van der Waals surface area contributed by atoms with Gasteiger partial charge in [0.05, 0.1) is 12.0 Å². The van der Waals surface area contributed by atoms with Crippen molar-refractivity contribution in [3.63, 3.8) is 0 Å². The van der Waals surface area contributed by atoms with E-state index in [2.05, 4.69) is 5.92 Å². The van der Waals surface area contributed by atoms with Gasteiger partial charge in [-0.3, -0.25) is 0 Å². The fourth-order valence-corrected chi connectivity index (χ4v) is 1.97. The highest BCUT2D eigenvalue weighted by atomic mass is 19.1. The second kappa shape index (κ2) is 4.57. The van der Waals surface area contributed by atoms with Gasteiger partial charge in [-0.05, 0) is 11.6 Å². The molecule has 3 atom stereocenters. The van der Waals surface area contributed by atoms with Gasteiger partial charge in [0.25, 0.3) is 0 Å². The summed E-state index contributed by atoms with van der Waals surface area (Å²) >= 11 is 0. The first kappa shape index (κ1) is 11.6. The lowest BCUT2D eigenvalue weighted by Gasteiger charge is -2.30. The highest BCUT2D eigenvalue weighted by molar-refractivity contribution is 5.34. The van der Waals surface area contributed by atoms with E-state index >= 15 is 0 Å². The Morgan fingerprint density at radius 2 is 2.00 bits per heavy atom. The zero-order chi connectivity index (χ0) is 12.3. The quantitative estimate of drug-likeness (QED) is 0.772. The molecule has 2 heteroatoms. The molecule has 0 bridgehead atoms. The molecule has 1 aromatic rings. The van der Waals surface area contributed by atoms with Crippen molar-refractivity contribution in [2.24, 2.45) is 5.92 Å². The molecule has 0 saturated heterocycles. The van der Waals surface area contributed by atoms with Crippen molar-refractivity contribution in [1.82, 2.24) is 0 Å².